The maximum atomic E-state index is 2.28. The van der Waals surface area contributed by atoms with Gasteiger partial charge in [0.05, 0.1) is 12.7 Å². The van der Waals surface area contributed by atoms with E-state index in [2.05, 4.69) is 64.9 Å². The van der Waals surface area contributed by atoms with Gasteiger partial charge in [0.1, 0.15) is 6.54 Å². The lowest BCUT2D eigenvalue weighted by molar-refractivity contribution is -0.697. The first kappa shape index (κ1) is 22.6. The van der Waals surface area contributed by atoms with Crippen LogP contribution in [0.25, 0.3) is 0 Å². The second-order valence-electron chi connectivity index (χ2n) is 5.88. The Bertz CT molecular complexity index is 396. The molecule has 136 valence electrons. The van der Waals surface area contributed by atoms with Crippen molar-refractivity contribution >= 4 is 0 Å². The third kappa shape index (κ3) is 15.5. The van der Waals surface area contributed by atoms with Gasteiger partial charge in [-0.3, -0.25) is 0 Å². The number of quaternary nitrogens is 1. The summed E-state index contributed by atoms with van der Waals surface area (Å²) in [4.78, 5) is 0. The third-order valence-electron chi connectivity index (χ3n) is 3.87. The number of rotatable bonds is 13. The summed E-state index contributed by atoms with van der Waals surface area (Å²) in [5.41, 5.74) is 0. The summed E-state index contributed by atoms with van der Waals surface area (Å²) < 4.78 is 2.28. The number of aryl methyl sites for hydroxylation is 1. The minimum Gasteiger partial charge on any atom is -0.320 e. The molecule has 0 aliphatic heterocycles. The van der Waals surface area contributed by atoms with Crippen molar-refractivity contribution in [3.8, 4) is 0 Å². The van der Waals surface area contributed by atoms with Crippen molar-refractivity contribution in [2.24, 2.45) is 0 Å². The molecule has 0 atom stereocenters. The average molecular weight is 333 g/mol. The van der Waals surface area contributed by atoms with Gasteiger partial charge in [0.15, 0.2) is 12.4 Å². The van der Waals surface area contributed by atoms with Crippen LogP contribution in [0.1, 0.15) is 72.1 Å². The molecule has 1 aromatic heterocycles. The first-order chi connectivity index (χ1) is 11.9. The van der Waals surface area contributed by atoms with Gasteiger partial charge in [0.25, 0.3) is 0 Å². The molecule has 0 amide bonds. The van der Waals surface area contributed by atoms with E-state index in [0.717, 1.165) is 6.54 Å². The van der Waals surface area contributed by atoms with Crippen LogP contribution in [-0.4, -0.2) is 6.54 Å². The highest BCUT2D eigenvalue weighted by atomic mass is 14.9. The molecular weight excluding hydrogens is 292 g/mol. The fourth-order valence-electron chi connectivity index (χ4n) is 2.55. The molecule has 0 radical (unpaired) electrons. The Morgan fingerprint density at radius 2 is 1.33 bits per heavy atom. The van der Waals surface area contributed by atoms with Crippen LogP contribution in [0.5, 0.6) is 0 Å². The molecule has 0 aromatic carbocycles. The predicted octanol–water partition coefficient (Wildman–Crippen LogP) is 4.77. The monoisotopic (exact) mass is 332 g/mol. The molecule has 24 heavy (non-hydrogen) atoms. The van der Waals surface area contributed by atoms with E-state index in [1.165, 1.54) is 57.9 Å². The fourth-order valence-corrected chi connectivity index (χ4v) is 2.55. The van der Waals surface area contributed by atoms with Gasteiger partial charge in [-0.2, -0.15) is 0 Å². The van der Waals surface area contributed by atoms with Crippen LogP contribution in [0.15, 0.2) is 55.0 Å². The van der Waals surface area contributed by atoms with Crippen LogP contribution in [0.2, 0.25) is 0 Å². The number of allylic oxidation sites excluding steroid dienone is 3. The SMILES string of the molecule is C/C=C\C=C/[NH2+]CCCCCCCCCC[n+]1ccccc1.CC. The smallest absolute Gasteiger partial charge is 0.168 e. The lowest BCUT2D eigenvalue weighted by Crippen LogP contribution is -2.77. The van der Waals surface area contributed by atoms with Crippen LogP contribution >= 0.6 is 0 Å². The minimum absolute atomic E-state index is 1.16. The Hall–Kier alpha value is -1.41. The van der Waals surface area contributed by atoms with Gasteiger partial charge in [0.2, 0.25) is 0 Å². The van der Waals surface area contributed by atoms with Crippen molar-refractivity contribution in [1.82, 2.24) is 0 Å². The van der Waals surface area contributed by atoms with Crippen molar-refractivity contribution in [1.29, 1.82) is 0 Å². The Labute approximate surface area is 150 Å². The van der Waals surface area contributed by atoms with Crippen molar-refractivity contribution < 1.29 is 9.88 Å². The number of nitrogens with zero attached hydrogens (tertiary/aromatic N) is 1. The van der Waals surface area contributed by atoms with Gasteiger partial charge in [-0.1, -0.05) is 57.7 Å². The minimum atomic E-state index is 1.16. The standard InChI is InChI=1S/C20H33N2.C2H6/c1-2-3-11-16-21-17-12-8-6-4-5-7-9-13-18-22-19-14-10-15-20-22;1-2/h2-3,10-11,14-16,19-21H,4-9,12-13,17-18H2,1H3;1-2H3/q+1;/p+1/b3-2-,16-11-;. The zero-order chi connectivity index (χ0) is 17.7. The van der Waals surface area contributed by atoms with Crippen LogP contribution in [0.3, 0.4) is 0 Å². The normalized spacial score (nSPS) is 11.0. The van der Waals surface area contributed by atoms with Crippen LogP contribution < -0.4 is 9.88 Å². The second kappa shape index (κ2) is 19.6. The third-order valence-corrected chi connectivity index (χ3v) is 3.87. The Morgan fingerprint density at radius 1 is 0.750 bits per heavy atom. The van der Waals surface area contributed by atoms with Gasteiger partial charge in [0, 0.05) is 18.6 Å². The van der Waals surface area contributed by atoms with Crippen molar-refractivity contribution in [3.63, 3.8) is 0 Å². The van der Waals surface area contributed by atoms with Crippen molar-refractivity contribution in [3.05, 3.63) is 55.0 Å². The van der Waals surface area contributed by atoms with E-state index >= 15 is 0 Å². The van der Waals surface area contributed by atoms with E-state index in [1.807, 2.05) is 20.8 Å². The quantitative estimate of drug-likeness (QED) is 0.305. The van der Waals surface area contributed by atoms with Gasteiger partial charge in [-0.05, 0) is 32.3 Å². The molecule has 0 saturated heterocycles. The number of aromatic nitrogens is 1. The number of nitrogens with two attached hydrogens (primary N) is 1. The summed E-state index contributed by atoms with van der Waals surface area (Å²) in [5.74, 6) is 0. The summed E-state index contributed by atoms with van der Waals surface area (Å²) in [7, 11) is 0. The van der Waals surface area contributed by atoms with Gasteiger partial charge < -0.3 is 5.32 Å². The molecule has 0 aliphatic carbocycles. The lowest BCUT2D eigenvalue weighted by Gasteiger charge is -2.01. The Morgan fingerprint density at radius 3 is 1.96 bits per heavy atom. The number of hydrogen-bond donors (Lipinski definition) is 1. The highest BCUT2D eigenvalue weighted by Gasteiger charge is 1.98. The molecule has 1 heterocycles. The van der Waals surface area contributed by atoms with E-state index in [9.17, 15) is 0 Å². The van der Waals surface area contributed by atoms with Gasteiger partial charge in [-0.25, -0.2) is 4.57 Å². The fraction of sp³-hybridized carbons (Fsp3) is 0.591. The Balaban J connectivity index is 0.00000254. The van der Waals surface area contributed by atoms with Crippen LogP contribution in [0, 0.1) is 0 Å². The van der Waals surface area contributed by atoms with E-state index in [0.29, 0.717) is 0 Å². The molecule has 2 heteroatoms. The van der Waals surface area contributed by atoms with Gasteiger partial charge >= 0.3 is 0 Å². The highest BCUT2D eigenvalue weighted by molar-refractivity contribution is 4.96. The molecule has 1 rings (SSSR count). The number of unbranched alkanes of at least 4 members (excludes halogenated alkanes) is 7. The summed E-state index contributed by atoms with van der Waals surface area (Å²) >= 11 is 0. The van der Waals surface area contributed by atoms with E-state index in [1.54, 1.807) is 0 Å². The molecule has 0 fully saturated rings. The zero-order valence-corrected chi connectivity index (χ0v) is 16.3. The topological polar surface area (TPSA) is 20.5 Å². The average Bonchev–Trinajstić information content (AvgIpc) is 2.64. The molecule has 0 spiro atoms. The number of hydrogen-bond acceptors (Lipinski definition) is 0. The van der Waals surface area contributed by atoms with Crippen molar-refractivity contribution in [2.45, 2.75) is 78.7 Å². The first-order valence-corrected chi connectivity index (χ1v) is 9.98. The largest absolute Gasteiger partial charge is 0.320 e. The number of pyridine rings is 1. The first-order valence-electron chi connectivity index (χ1n) is 9.98. The molecule has 0 unspecified atom stereocenters. The van der Waals surface area contributed by atoms with Crippen LogP contribution in [0.4, 0.5) is 0 Å². The van der Waals surface area contributed by atoms with E-state index < -0.39 is 0 Å². The summed E-state index contributed by atoms with van der Waals surface area (Å²) in [5, 5.41) is 2.28. The maximum Gasteiger partial charge on any atom is 0.168 e. The predicted molar refractivity (Wildman–Crippen MR) is 106 cm³/mol. The zero-order valence-electron chi connectivity index (χ0n) is 16.3. The molecule has 2 N–H and O–H groups in total. The van der Waals surface area contributed by atoms with Crippen molar-refractivity contribution in [2.75, 3.05) is 6.54 Å². The van der Waals surface area contributed by atoms with Crippen LogP contribution in [-0.2, 0) is 6.54 Å². The summed E-state index contributed by atoms with van der Waals surface area (Å²) in [6.45, 7) is 8.44. The maximum absolute atomic E-state index is 2.28. The van der Waals surface area contributed by atoms with Gasteiger partial charge in [-0.15, -0.1) is 0 Å². The molecule has 0 aliphatic rings. The molecule has 2 nitrogen and oxygen atoms in total. The van der Waals surface area contributed by atoms with E-state index in [-0.39, 0.29) is 0 Å². The second-order valence-corrected chi connectivity index (χ2v) is 5.88. The Kier molecular flexibility index (Phi) is 18.5. The lowest BCUT2D eigenvalue weighted by atomic mass is 10.1. The molecule has 1 aromatic rings. The molecular formula is C22H40N2+2. The highest BCUT2D eigenvalue weighted by Crippen LogP contribution is 2.08. The summed E-state index contributed by atoms with van der Waals surface area (Å²) in [6, 6.07) is 6.29. The molecule has 0 bridgehead atoms. The molecule has 0 saturated carbocycles. The van der Waals surface area contributed by atoms with E-state index in [4.69, 9.17) is 0 Å². The summed E-state index contributed by atoms with van der Waals surface area (Å²) in [6.07, 6.45) is 23.7.